The van der Waals surface area contributed by atoms with E-state index in [4.69, 9.17) is 4.74 Å². The van der Waals surface area contributed by atoms with Crippen molar-refractivity contribution < 1.29 is 13.2 Å². The second-order valence-electron chi connectivity index (χ2n) is 6.09. The van der Waals surface area contributed by atoms with Gasteiger partial charge in [0, 0.05) is 45.9 Å². The van der Waals surface area contributed by atoms with E-state index >= 15 is 0 Å². The lowest BCUT2D eigenvalue weighted by Crippen LogP contribution is -2.50. The van der Waals surface area contributed by atoms with Crippen molar-refractivity contribution >= 4 is 10.0 Å². The Bertz CT molecular complexity index is 587. The fourth-order valence-corrected chi connectivity index (χ4v) is 4.70. The van der Waals surface area contributed by atoms with Gasteiger partial charge in [0.25, 0.3) is 10.0 Å². The molecule has 2 aliphatic heterocycles. The summed E-state index contributed by atoms with van der Waals surface area (Å²) in [7, 11) is -3.46. The molecule has 1 N–H and O–H groups in total. The van der Waals surface area contributed by atoms with Gasteiger partial charge in [-0.15, -0.1) is 0 Å². The van der Waals surface area contributed by atoms with E-state index in [2.05, 4.69) is 14.9 Å². The van der Waals surface area contributed by atoms with E-state index in [1.54, 1.807) is 11.2 Å². The van der Waals surface area contributed by atoms with Gasteiger partial charge in [0.15, 0.2) is 5.03 Å². The molecule has 2 saturated heterocycles. The molecule has 0 spiro atoms. The van der Waals surface area contributed by atoms with Crippen LogP contribution in [-0.4, -0.2) is 73.5 Å². The van der Waals surface area contributed by atoms with Gasteiger partial charge in [-0.1, -0.05) is 0 Å². The van der Waals surface area contributed by atoms with Gasteiger partial charge in [-0.2, -0.15) is 4.31 Å². The zero-order chi connectivity index (χ0) is 15.6. The molecular weight excluding hydrogens is 304 g/mol. The van der Waals surface area contributed by atoms with Gasteiger partial charge in [0.2, 0.25) is 0 Å². The highest BCUT2D eigenvalue weighted by atomic mass is 32.2. The highest BCUT2D eigenvalue weighted by Gasteiger charge is 2.31. The number of imidazole rings is 1. The maximum Gasteiger partial charge on any atom is 0.262 e. The Hall–Kier alpha value is -0.960. The lowest BCUT2D eigenvalue weighted by Gasteiger charge is -2.36. The molecule has 0 unspecified atom stereocenters. The summed E-state index contributed by atoms with van der Waals surface area (Å²) in [6, 6.07) is 0. The number of aromatic amines is 1. The number of piperazine rings is 1. The summed E-state index contributed by atoms with van der Waals surface area (Å²) in [5, 5.41) is 0.158. The second-order valence-corrected chi connectivity index (χ2v) is 7.95. The Kier molecular flexibility index (Phi) is 4.82. The SMILES string of the molecule is Cc1[nH]cnc1S(=O)(=O)N1CCN(CC2CCOCC2)CC1. The van der Waals surface area contributed by atoms with Gasteiger partial charge in [0.05, 0.1) is 12.0 Å². The van der Waals surface area contributed by atoms with Crippen molar-refractivity contribution in [3.63, 3.8) is 0 Å². The summed E-state index contributed by atoms with van der Waals surface area (Å²) in [5.41, 5.74) is 0.602. The lowest BCUT2D eigenvalue weighted by molar-refractivity contribution is 0.0477. The third kappa shape index (κ3) is 3.34. The average Bonchev–Trinajstić information content (AvgIpc) is 2.96. The van der Waals surface area contributed by atoms with Gasteiger partial charge < -0.3 is 14.6 Å². The van der Waals surface area contributed by atoms with Crippen molar-refractivity contribution in [1.82, 2.24) is 19.2 Å². The minimum Gasteiger partial charge on any atom is -0.381 e. The number of aryl methyl sites for hydroxylation is 1. The molecule has 2 aliphatic rings. The minimum absolute atomic E-state index is 0.158. The largest absolute Gasteiger partial charge is 0.381 e. The molecule has 1 aromatic heterocycles. The van der Waals surface area contributed by atoms with E-state index in [1.807, 2.05) is 0 Å². The van der Waals surface area contributed by atoms with Crippen LogP contribution in [0.1, 0.15) is 18.5 Å². The number of sulfonamides is 1. The van der Waals surface area contributed by atoms with Gasteiger partial charge in [-0.05, 0) is 25.7 Å². The maximum atomic E-state index is 12.6. The number of rotatable bonds is 4. The summed E-state index contributed by atoms with van der Waals surface area (Å²) < 4.78 is 32.1. The molecule has 3 heterocycles. The van der Waals surface area contributed by atoms with Gasteiger partial charge in [-0.25, -0.2) is 13.4 Å². The van der Waals surface area contributed by atoms with Crippen molar-refractivity contribution in [2.45, 2.75) is 24.8 Å². The third-order valence-electron chi connectivity index (χ3n) is 4.56. The van der Waals surface area contributed by atoms with E-state index in [0.717, 1.165) is 45.7 Å². The molecule has 0 aromatic carbocycles. The van der Waals surface area contributed by atoms with Crippen LogP contribution in [0.2, 0.25) is 0 Å². The molecule has 0 saturated carbocycles. The predicted molar refractivity (Wildman–Crippen MR) is 82.1 cm³/mol. The van der Waals surface area contributed by atoms with Crippen molar-refractivity contribution in [3.05, 3.63) is 12.0 Å². The standard InChI is InChI=1S/C14H24N4O3S/c1-12-14(16-11-15-12)22(19,20)18-6-4-17(5-7-18)10-13-2-8-21-9-3-13/h11,13H,2-10H2,1H3,(H,15,16). The van der Waals surface area contributed by atoms with Crippen LogP contribution in [0.25, 0.3) is 0 Å². The molecular formula is C14H24N4O3S. The molecule has 3 rings (SSSR count). The summed E-state index contributed by atoms with van der Waals surface area (Å²) in [4.78, 5) is 9.17. The smallest absolute Gasteiger partial charge is 0.262 e. The molecule has 8 heteroatoms. The second kappa shape index (κ2) is 6.66. The van der Waals surface area contributed by atoms with E-state index in [-0.39, 0.29) is 5.03 Å². The monoisotopic (exact) mass is 328 g/mol. The van der Waals surface area contributed by atoms with Crippen LogP contribution in [0.15, 0.2) is 11.4 Å². The third-order valence-corrected chi connectivity index (χ3v) is 6.50. The molecule has 0 aliphatic carbocycles. The van der Waals surface area contributed by atoms with Crippen LogP contribution >= 0.6 is 0 Å². The Morgan fingerprint density at radius 2 is 1.95 bits per heavy atom. The Balaban J connectivity index is 1.56. The summed E-state index contributed by atoms with van der Waals surface area (Å²) >= 11 is 0. The Morgan fingerprint density at radius 1 is 1.27 bits per heavy atom. The van der Waals surface area contributed by atoms with Gasteiger partial charge in [0.1, 0.15) is 0 Å². The first-order valence-electron chi connectivity index (χ1n) is 7.87. The van der Waals surface area contributed by atoms with Crippen molar-refractivity contribution in [2.24, 2.45) is 5.92 Å². The maximum absolute atomic E-state index is 12.6. The van der Waals surface area contributed by atoms with E-state index in [0.29, 0.717) is 24.7 Å². The van der Waals surface area contributed by atoms with Gasteiger partial charge >= 0.3 is 0 Å². The van der Waals surface area contributed by atoms with Crippen molar-refractivity contribution in [2.75, 3.05) is 45.9 Å². The quantitative estimate of drug-likeness (QED) is 0.868. The number of ether oxygens (including phenoxy) is 1. The highest BCUT2D eigenvalue weighted by Crippen LogP contribution is 2.20. The number of nitrogens with zero attached hydrogens (tertiary/aromatic N) is 3. The normalized spacial score (nSPS) is 23.0. The Labute approximate surface area is 131 Å². The first-order chi connectivity index (χ1) is 10.6. The van der Waals surface area contributed by atoms with E-state index in [1.165, 1.54) is 6.33 Å². The molecule has 0 amide bonds. The highest BCUT2D eigenvalue weighted by molar-refractivity contribution is 7.89. The molecule has 2 fully saturated rings. The zero-order valence-corrected chi connectivity index (χ0v) is 13.8. The van der Waals surface area contributed by atoms with Crippen molar-refractivity contribution in [1.29, 1.82) is 0 Å². The predicted octanol–water partition coefficient (Wildman–Crippen LogP) is 0.451. The number of hydrogen-bond acceptors (Lipinski definition) is 5. The number of nitrogens with one attached hydrogen (secondary N) is 1. The molecule has 0 radical (unpaired) electrons. The fourth-order valence-electron chi connectivity index (χ4n) is 3.18. The first-order valence-corrected chi connectivity index (χ1v) is 9.31. The Morgan fingerprint density at radius 3 is 2.55 bits per heavy atom. The first kappa shape index (κ1) is 15.9. The molecule has 1 aromatic rings. The molecule has 7 nitrogen and oxygen atoms in total. The van der Waals surface area contributed by atoms with Crippen LogP contribution in [0.3, 0.4) is 0 Å². The van der Waals surface area contributed by atoms with Crippen LogP contribution in [0.4, 0.5) is 0 Å². The van der Waals surface area contributed by atoms with Crippen molar-refractivity contribution in [3.8, 4) is 0 Å². The number of H-pyrrole nitrogens is 1. The van der Waals surface area contributed by atoms with Crippen LogP contribution < -0.4 is 0 Å². The van der Waals surface area contributed by atoms with Gasteiger partial charge in [-0.3, -0.25) is 0 Å². The molecule has 0 atom stereocenters. The topological polar surface area (TPSA) is 78.5 Å². The minimum atomic E-state index is -3.46. The van der Waals surface area contributed by atoms with E-state index in [9.17, 15) is 8.42 Å². The molecule has 22 heavy (non-hydrogen) atoms. The molecule has 124 valence electrons. The average molecular weight is 328 g/mol. The van der Waals surface area contributed by atoms with E-state index < -0.39 is 10.0 Å². The van der Waals surface area contributed by atoms with Crippen LogP contribution in [0.5, 0.6) is 0 Å². The lowest BCUT2D eigenvalue weighted by atomic mass is 9.99. The summed E-state index contributed by atoms with van der Waals surface area (Å²) in [6.07, 6.45) is 3.67. The number of aromatic nitrogens is 2. The summed E-state index contributed by atoms with van der Waals surface area (Å²) in [5.74, 6) is 0.686. The number of hydrogen-bond donors (Lipinski definition) is 1. The zero-order valence-electron chi connectivity index (χ0n) is 13.0. The van der Waals surface area contributed by atoms with Crippen LogP contribution in [-0.2, 0) is 14.8 Å². The summed E-state index contributed by atoms with van der Waals surface area (Å²) in [6.45, 7) is 7.17. The molecule has 0 bridgehead atoms. The fraction of sp³-hybridized carbons (Fsp3) is 0.786. The van der Waals surface area contributed by atoms with Crippen LogP contribution in [0, 0.1) is 12.8 Å².